The summed E-state index contributed by atoms with van der Waals surface area (Å²) in [6, 6.07) is -0.361. The Hall–Kier alpha value is -1.21. The van der Waals surface area contributed by atoms with Gasteiger partial charge in [0.2, 0.25) is 11.9 Å². The third kappa shape index (κ3) is 4.38. The second kappa shape index (κ2) is 7.70. The number of unbranched alkanes of at least 4 members (excludes halogenated alkanes) is 1. The number of piperazine rings is 1. The molecule has 1 aromatic heterocycles. The second-order valence-corrected chi connectivity index (χ2v) is 6.18. The Morgan fingerprint density at radius 1 is 1.33 bits per heavy atom. The first-order chi connectivity index (χ1) is 10.1. The predicted molar refractivity (Wildman–Crippen MR) is 86.0 cm³/mol. The SMILES string of the molecule is CCCCC(N)C(=O)N1CCN(c2ncc(Br)cn2)CC1. The molecule has 0 bridgehead atoms. The zero-order valence-corrected chi connectivity index (χ0v) is 13.9. The minimum absolute atomic E-state index is 0.0693. The number of amides is 1. The number of hydrogen-bond donors (Lipinski definition) is 1. The Kier molecular flexibility index (Phi) is 5.93. The van der Waals surface area contributed by atoms with Gasteiger partial charge in [-0.15, -0.1) is 0 Å². The van der Waals surface area contributed by atoms with Crippen molar-refractivity contribution in [2.24, 2.45) is 5.73 Å². The largest absolute Gasteiger partial charge is 0.338 e. The smallest absolute Gasteiger partial charge is 0.239 e. The van der Waals surface area contributed by atoms with E-state index in [1.54, 1.807) is 12.4 Å². The number of halogens is 1. The Labute approximate surface area is 133 Å². The van der Waals surface area contributed by atoms with Crippen molar-refractivity contribution in [2.75, 3.05) is 31.1 Å². The third-order valence-corrected chi connectivity index (χ3v) is 4.08. The molecule has 7 heteroatoms. The van der Waals surface area contributed by atoms with Crippen LogP contribution in [0.5, 0.6) is 0 Å². The maximum Gasteiger partial charge on any atom is 0.239 e. The fourth-order valence-electron chi connectivity index (χ4n) is 2.38. The van der Waals surface area contributed by atoms with Crippen LogP contribution in [-0.2, 0) is 4.79 Å². The molecule has 1 amide bonds. The molecule has 21 heavy (non-hydrogen) atoms. The number of nitrogens with two attached hydrogens (primary N) is 1. The van der Waals surface area contributed by atoms with Crippen LogP contribution in [0.3, 0.4) is 0 Å². The van der Waals surface area contributed by atoms with Gasteiger partial charge in [0.15, 0.2) is 0 Å². The Balaban J connectivity index is 1.85. The van der Waals surface area contributed by atoms with E-state index in [0.29, 0.717) is 19.0 Å². The minimum atomic E-state index is -0.361. The highest BCUT2D eigenvalue weighted by Crippen LogP contribution is 2.14. The average molecular weight is 356 g/mol. The summed E-state index contributed by atoms with van der Waals surface area (Å²) in [5, 5.41) is 0. The Morgan fingerprint density at radius 2 is 1.95 bits per heavy atom. The highest BCUT2D eigenvalue weighted by molar-refractivity contribution is 9.10. The van der Waals surface area contributed by atoms with Crippen LogP contribution in [0.2, 0.25) is 0 Å². The maximum absolute atomic E-state index is 12.2. The molecule has 2 heterocycles. The van der Waals surface area contributed by atoms with Gasteiger partial charge in [-0.05, 0) is 22.4 Å². The summed E-state index contributed by atoms with van der Waals surface area (Å²) < 4.78 is 0.863. The van der Waals surface area contributed by atoms with E-state index in [0.717, 1.165) is 36.8 Å². The van der Waals surface area contributed by atoms with Gasteiger partial charge in [-0.2, -0.15) is 0 Å². The molecule has 1 saturated heterocycles. The fraction of sp³-hybridized carbons (Fsp3) is 0.643. The molecule has 1 atom stereocenters. The number of anilines is 1. The number of hydrogen-bond acceptors (Lipinski definition) is 5. The normalized spacial score (nSPS) is 16.9. The lowest BCUT2D eigenvalue weighted by atomic mass is 10.1. The molecule has 1 aromatic rings. The molecule has 0 saturated carbocycles. The first kappa shape index (κ1) is 16.2. The van der Waals surface area contributed by atoms with Crippen LogP contribution in [0, 0.1) is 0 Å². The standard InChI is InChI=1S/C14H22BrN5O/c1-2-3-4-12(16)13(21)19-5-7-20(8-6-19)14-17-9-11(15)10-18-14/h9-10,12H,2-8,16H2,1H3. The van der Waals surface area contributed by atoms with Crippen LogP contribution in [0.1, 0.15) is 26.2 Å². The van der Waals surface area contributed by atoms with Gasteiger partial charge in [-0.25, -0.2) is 9.97 Å². The summed E-state index contributed by atoms with van der Waals surface area (Å²) in [5.41, 5.74) is 5.96. The van der Waals surface area contributed by atoms with E-state index in [2.05, 4.69) is 37.7 Å². The van der Waals surface area contributed by atoms with Crippen molar-refractivity contribution in [3.8, 4) is 0 Å². The van der Waals surface area contributed by atoms with E-state index in [-0.39, 0.29) is 11.9 Å². The number of aromatic nitrogens is 2. The Bertz CT molecular complexity index is 459. The highest BCUT2D eigenvalue weighted by atomic mass is 79.9. The second-order valence-electron chi connectivity index (χ2n) is 5.26. The van der Waals surface area contributed by atoms with Crippen LogP contribution < -0.4 is 10.6 Å². The van der Waals surface area contributed by atoms with Gasteiger partial charge in [0.1, 0.15) is 0 Å². The zero-order chi connectivity index (χ0) is 15.2. The maximum atomic E-state index is 12.2. The lowest BCUT2D eigenvalue weighted by molar-refractivity contribution is -0.133. The van der Waals surface area contributed by atoms with Crippen LogP contribution in [0.4, 0.5) is 5.95 Å². The first-order valence-corrected chi connectivity index (χ1v) is 8.18. The van der Waals surface area contributed by atoms with Gasteiger partial charge >= 0.3 is 0 Å². The number of rotatable bonds is 5. The lowest BCUT2D eigenvalue weighted by Gasteiger charge is -2.35. The molecule has 2 N–H and O–H groups in total. The molecule has 0 aliphatic carbocycles. The molecule has 2 rings (SSSR count). The van der Waals surface area contributed by atoms with Crippen LogP contribution in [0.15, 0.2) is 16.9 Å². The molecule has 116 valence electrons. The van der Waals surface area contributed by atoms with E-state index < -0.39 is 0 Å². The van der Waals surface area contributed by atoms with E-state index in [9.17, 15) is 4.79 Å². The van der Waals surface area contributed by atoms with Crippen molar-refractivity contribution >= 4 is 27.8 Å². The van der Waals surface area contributed by atoms with Gasteiger partial charge in [0, 0.05) is 38.6 Å². The summed E-state index contributed by atoms with van der Waals surface area (Å²) >= 11 is 3.32. The van der Waals surface area contributed by atoms with E-state index in [4.69, 9.17) is 5.73 Å². The van der Waals surface area contributed by atoms with E-state index >= 15 is 0 Å². The van der Waals surface area contributed by atoms with Gasteiger partial charge < -0.3 is 15.5 Å². The van der Waals surface area contributed by atoms with Crippen molar-refractivity contribution in [1.82, 2.24) is 14.9 Å². The van der Waals surface area contributed by atoms with Crippen LogP contribution >= 0.6 is 15.9 Å². The first-order valence-electron chi connectivity index (χ1n) is 7.38. The molecule has 0 radical (unpaired) electrons. The summed E-state index contributed by atoms with van der Waals surface area (Å²) in [6.07, 6.45) is 6.31. The third-order valence-electron chi connectivity index (χ3n) is 3.67. The van der Waals surface area contributed by atoms with Crippen LogP contribution in [-0.4, -0.2) is 53.0 Å². The van der Waals surface area contributed by atoms with Gasteiger partial charge in [-0.3, -0.25) is 4.79 Å². The van der Waals surface area contributed by atoms with Gasteiger partial charge in [0.05, 0.1) is 10.5 Å². The van der Waals surface area contributed by atoms with Crippen molar-refractivity contribution in [3.05, 3.63) is 16.9 Å². The predicted octanol–water partition coefficient (Wildman–Crippen LogP) is 1.41. The Morgan fingerprint density at radius 3 is 2.52 bits per heavy atom. The highest BCUT2D eigenvalue weighted by Gasteiger charge is 2.25. The quantitative estimate of drug-likeness (QED) is 0.863. The molecule has 1 unspecified atom stereocenters. The molecule has 1 aliphatic heterocycles. The van der Waals surface area contributed by atoms with Gasteiger partial charge in [-0.1, -0.05) is 19.8 Å². The molecular formula is C14H22BrN5O. The molecule has 0 aromatic carbocycles. The topological polar surface area (TPSA) is 75.4 Å². The minimum Gasteiger partial charge on any atom is -0.338 e. The summed E-state index contributed by atoms with van der Waals surface area (Å²) in [7, 11) is 0. The van der Waals surface area contributed by atoms with Crippen molar-refractivity contribution in [2.45, 2.75) is 32.2 Å². The van der Waals surface area contributed by atoms with E-state index in [1.165, 1.54) is 0 Å². The van der Waals surface area contributed by atoms with Gasteiger partial charge in [0.25, 0.3) is 0 Å². The molecule has 6 nitrogen and oxygen atoms in total. The molecular weight excluding hydrogens is 334 g/mol. The number of nitrogens with zero attached hydrogens (tertiary/aromatic N) is 4. The molecule has 1 fully saturated rings. The lowest BCUT2D eigenvalue weighted by Crippen LogP contribution is -2.53. The number of carbonyl (C=O) groups excluding carboxylic acids is 1. The van der Waals surface area contributed by atoms with E-state index in [1.807, 2.05) is 4.90 Å². The molecule has 0 spiro atoms. The summed E-state index contributed by atoms with van der Waals surface area (Å²) in [5.74, 6) is 0.778. The van der Waals surface area contributed by atoms with Crippen LogP contribution in [0.25, 0.3) is 0 Å². The van der Waals surface area contributed by atoms with Crippen molar-refractivity contribution in [1.29, 1.82) is 0 Å². The summed E-state index contributed by atoms with van der Waals surface area (Å²) in [6.45, 7) is 4.95. The molecule has 1 aliphatic rings. The van der Waals surface area contributed by atoms with Crippen molar-refractivity contribution < 1.29 is 4.79 Å². The fourth-order valence-corrected chi connectivity index (χ4v) is 2.58. The average Bonchev–Trinajstić information content (AvgIpc) is 2.53. The summed E-state index contributed by atoms with van der Waals surface area (Å²) in [4.78, 5) is 24.8. The zero-order valence-electron chi connectivity index (χ0n) is 12.3. The monoisotopic (exact) mass is 355 g/mol. The number of carbonyl (C=O) groups is 1. The van der Waals surface area contributed by atoms with Crippen molar-refractivity contribution in [3.63, 3.8) is 0 Å².